The van der Waals surface area contributed by atoms with Crippen LogP contribution in [0.15, 0.2) is 42.5 Å². The Morgan fingerprint density at radius 2 is 1.65 bits per heavy atom. The van der Waals surface area contributed by atoms with E-state index in [0.717, 1.165) is 38.9 Å². The number of likely N-dealkylation sites (tertiary alicyclic amines) is 1. The molecule has 4 rings (SSSR count). The van der Waals surface area contributed by atoms with Gasteiger partial charge in [-0.1, -0.05) is 37.3 Å². The zero-order chi connectivity index (χ0) is 26.4. The van der Waals surface area contributed by atoms with Crippen LogP contribution < -0.4 is 19.5 Å². The summed E-state index contributed by atoms with van der Waals surface area (Å²) in [7, 11) is 4.57. The second-order valence-corrected chi connectivity index (χ2v) is 10.6. The van der Waals surface area contributed by atoms with Crippen LogP contribution in [0.3, 0.4) is 0 Å². The van der Waals surface area contributed by atoms with Crippen LogP contribution in [0.25, 0.3) is 0 Å². The Labute approximate surface area is 223 Å². The number of carbonyl (C=O) groups excluding carboxylic acids is 2. The fourth-order valence-electron chi connectivity index (χ4n) is 5.08. The molecule has 2 atom stereocenters. The number of ether oxygens (including phenoxy) is 3. The van der Waals surface area contributed by atoms with Crippen molar-refractivity contribution in [3.8, 4) is 17.2 Å². The van der Waals surface area contributed by atoms with Gasteiger partial charge in [0.25, 0.3) is 5.91 Å². The third-order valence-electron chi connectivity index (χ3n) is 7.07. The minimum atomic E-state index is -0.524. The zero-order valence-electron chi connectivity index (χ0n) is 22.1. The number of methoxy groups -OCH3 is 3. The van der Waals surface area contributed by atoms with Gasteiger partial charge in [0.2, 0.25) is 11.7 Å². The molecular weight excluding hydrogens is 490 g/mol. The largest absolute Gasteiger partial charge is 0.493 e. The van der Waals surface area contributed by atoms with Gasteiger partial charge >= 0.3 is 0 Å². The quantitative estimate of drug-likeness (QED) is 0.532. The van der Waals surface area contributed by atoms with E-state index in [1.54, 1.807) is 28.8 Å². The molecule has 200 valence electrons. The lowest BCUT2D eigenvalue weighted by atomic mass is 10.0. The van der Waals surface area contributed by atoms with Crippen molar-refractivity contribution in [2.45, 2.75) is 50.2 Å². The van der Waals surface area contributed by atoms with Crippen LogP contribution in [0.4, 0.5) is 0 Å². The topological polar surface area (TPSA) is 80.3 Å². The summed E-state index contributed by atoms with van der Waals surface area (Å²) in [5, 5.41) is 3.17. The van der Waals surface area contributed by atoms with Crippen molar-refractivity contribution in [3.05, 3.63) is 53.6 Å². The summed E-state index contributed by atoms with van der Waals surface area (Å²) in [5.41, 5.74) is 1.71. The molecule has 2 aliphatic rings. The van der Waals surface area contributed by atoms with Crippen molar-refractivity contribution >= 4 is 23.6 Å². The number of thioether (sulfide) groups is 1. The Morgan fingerprint density at radius 1 is 1.00 bits per heavy atom. The van der Waals surface area contributed by atoms with Crippen LogP contribution >= 0.6 is 11.8 Å². The molecule has 2 amide bonds. The number of piperidine rings is 1. The highest BCUT2D eigenvalue weighted by molar-refractivity contribution is 8.00. The zero-order valence-corrected chi connectivity index (χ0v) is 22.9. The van der Waals surface area contributed by atoms with Crippen molar-refractivity contribution < 1.29 is 23.8 Å². The number of benzene rings is 2. The Balaban J connectivity index is 1.43. The Morgan fingerprint density at radius 3 is 2.22 bits per heavy atom. The first kappa shape index (κ1) is 27.1. The van der Waals surface area contributed by atoms with Gasteiger partial charge in [0, 0.05) is 37.0 Å². The molecule has 37 heavy (non-hydrogen) atoms. The molecule has 0 aromatic heterocycles. The monoisotopic (exact) mass is 527 g/mol. The summed E-state index contributed by atoms with van der Waals surface area (Å²) >= 11 is 1.65. The first-order valence-corrected chi connectivity index (χ1v) is 13.8. The van der Waals surface area contributed by atoms with Crippen LogP contribution in [0, 0.1) is 0 Å². The van der Waals surface area contributed by atoms with E-state index < -0.39 is 6.04 Å². The molecule has 0 aliphatic carbocycles. The fraction of sp³-hybridized carbons (Fsp3) is 0.500. The highest BCUT2D eigenvalue weighted by atomic mass is 32.2. The second-order valence-electron chi connectivity index (χ2n) is 9.38. The molecule has 2 fully saturated rings. The summed E-state index contributed by atoms with van der Waals surface area (Å²) in [4.78, 5) is 31.3. The van der Waals surface area contributed by atoms with Gasteiger partial charge in [-0.2, -0.15) is 0 Å². The molecule has 2 heterocycles. The minimum absolute atomic E-state index is 0.0740. The van der Waals surface area contributed by atoms with E-state index in [0.29, 0.717) is 28.6 Å². The van der Waals surface area contributed by atoms with Crippen LogP contribution in [0.5, 0.6) is 17.2 Å². The lowest BCUT2D eigenvalue weighted by molar-refractivity contribution is -0.125. The number of amides is 2. The van der Waals surface area contributed by atoms with Crippen molar-refractivity contribution in [2.75, 3.05) is 40.2 Å². The normalized spacial score (nSPS) is 20.5. The fourth-order valence-corrected chi connectivity index (χ4v) is 6.44. The first-order chi connectivity index (χ1) is 18.0. The van der Waals surface area contributed by atoms with Crippen molar-refractivity contribution in [3.63, 3.8) is 0 Å². The predicted molar refractivity (Wildman–Crippen MR) is 145 cm³/mol. The van der Waals surface area contributed by atoms with Crippen molar-refractivity contribution in [1.29, 1.82) is 0 Å². The van der Waals surface area contributed by atoms with Crippen LogP contribution in [-0.4, -0.2) is 79.2 Å². The Kier molecular flexibility index (Phi) is 9.21. The van der Waals surface area contributed by atoms with Gasteiger partial charge < -0.3 is 24.4 Å². The first-order valence-electron chi connectivity index (χ1n) is 12.8. The maximum Gasteiger partial charge on any atom is 0.255 e. The molecule has 0 spiro atoms. The highest BCUT2D eigenvalue weighted by Gasteiger charge is 2.42. The van der Waals surface area contributed by atoms with E-state index in [1.807, 2.05) is 13.0 Å². The summed E-state index contributed by atoms with van der Waals surface area (Å²) in [6, 6.07) is 13.4. The molecule has 0 saturated carbocycles. The third-order valence-corrected chi connectivity index (χ3v) is 8.53. The molecule has 0 bridgehead atoms. The maximum absolute atomic E-state index is 13.7. The van der Waals surface area contributed by atoms with Gasteiger partial charge in [-0.3, -0.25) is 14.5 Å². The SMILES string of the molecule is CCC1SCC(C(=O)NC2CCN(Cc3ccccc3)CC2)N1C(=O)c1cc(OC)c(OC)c(OC)c1. The van der Waals surface area contributed by atoms with Gasteiger partial charge in [-0.05, 0) is 37.0 Å². The van der Waals surface area contributed by atoms with E-state index in [1.165, 1.54) is 26.9 Å². The molecule has 2 aliphatic heterocycles. The third kappa shape index (κ3) is 6.15. The number of rotatable bonds is 9. The average molecular weight is 528 g/mol. The molecule has 1 N–H and O–H groups in total. The van der Waals surface area contributed by atoms with Crippen LogP contribution in [-0.2, 0) is 11.3 Å². The van der Waals surface area contributed by atoms with E-state index in [2.05, 4.69) is 34.5 Å². The predicted octanol–water partition coefficient (Wildman–Crippen LogP) is 3.79. The van der Waals surface area contributed by atoms with E-state index in [9.17, 15) is 9.59 Å². The number of hydrogen-bond donors (Lipinski definition) is 1. The van der Waals surface area contributed by atoms with Crippen LogP contribution in [0.1, 0.15) is 42.1 Å². The number of nitrogens with zero attached hydrogens (tertiary/aromatic N) is 2. The molecular formula is C28H37N3O5S. The highest BCUT2D eigenvalue weighted by Crippen LogP contribution is 2.40. The molecule has 8 nitrogen and oxygen atoms in total. The van der Waals surface area contributed by atoms with Crippen molar-refractivity contribution in [1.82, 2.24) is 15.1 Å². The summed E-state index contributed by atoms with van der Waals surface area (Å²) in [5.74, 6) is 1.53. The molecule has 2 aromatic carbocycles. The summed E-state index contributed by atoms with van der Waals surface area (Å²) in [6.45, 7) is 4.84. The summed E-state index contributed by atoms with van der Waals surface area (Å²) in [6.07, 6.45) is 2.55. The Hall–Kier alpha value is -2.91. The lowest BCUT2D eigenvalue weighted by Crippen LogP contribution is -2.53. The molecule has 2 saturated heterocycles. The number of hydrogen-bond acceptors (Lipinski definition) is 7. The summed E-state index contributed by atoms with van der Waals surface area (Å²) < 4.78 is 16.3. The van der Waals surface area contributed by atoms with Gasteiger partial charge in [-0.25, -0.2) is 0 Å². The molecule has 0 radical (unpaired) electrons. The smallest absolute Gasteiger partial charge is 0.255 e. The molecule has 2 aromatic rings. The maximum atomic E-state index is 13.7. The van der Waals surface area contributed by atoms with E-state index in [4.69, 9.17) is 14.2 Å². The molecule has 9 heteroatoms. The van der Waals surface area contributed by atoms with Gasteiger partial charge in [0.15, 0.2) is 11.5 Å². The molecule has 2 unspecified atom stereocenters. The van der Waals surface area contributed by atoms with E-state index >= 15 is 0 Å². The second kappa shape index (κ2) is 12.6. The number of nitrogens with one attached hydrogen (secondary N) is 1. The van der Waals surface area contributed by atoms with Gasteiger partial charge in [0.1, 0.15) is 6.04 Å². The Bertz CT molecular complexity index is 1050. The van der Waals surface area contributed by atoms with Gasteiger partial charge in [-0.15, -0.1) is 11.8 Å². The average Bonchev–Trinajstić information content (AvgIpc) is 3.37. The van der Waals surface area contributed by atoms with E-state index in [-0.39, 0.29) is 23.2 Å². The lowest BCUT2D eigenvalue weighted by Gasteiger charge is -2.34. The van der Waals surface area contributed by atoms with Crippen LogP contribution in [0.2, 0.25) is 0 Å². The minimum Gasteiger partial charge on any atom is -0.493 e. The van der Waals surface area contributed by atoms with Gasteiger partial charge in [0.05, 0.1) is 26.7 Å². The standard InChI is InChI=1S/C28H37N3O5S/c1-5-25-31(28(33)20-15-23(34-2)26(36-4)24(16-20)35-3)22(18-37-25)27(32)29-21-11-13-30(14-12-21)17-19-9-7-6-8-10-19/h6-10,15-16,21-22,25H,5,11-14,17-18H2,1-4H3,(H,29,32). The van der Waals surface area contributed by atoms with Crippen molar-refractivity contribution in [2.24, 2.45) is 0 Å². The number of carbonyl (C=O) groups is 2.